The fraction of sp³-hybridized carbons (Fsp3) is 0.458. The molecule has 1 amide bonds. The SMILES string of the molecule is CCn1c(C)c(C(=O)CN(CC2CCCO2)C(=O)c2ccc([N+](=O)[O-])cc2)c(C)c1C(=O)OC. The normalized spacial score (nSPS) is 15.2. The molecule has 1 aromatic carbocycles. The standard InChI is InChI=1S/C24H29N3O7/c1-5-26-16(3)21(15(2)22(26)24(30)33-4)20(28)14-25(13-19-7-6-12-34-19)23(29)17-8-10-18(11-9-17)27(31)32/h8-11,19H,5-7,12-14H2,1-4H3. The van der Waals surface area contributed by atoms with Crippen molar-refractivity contribution in [1.29, 1.82) is 0 Å². The molecule has 10 nitrogen and oxygen atoms in total. The highest BCUT2D eigenvalue weighted by Crippen LogP contribution is 2.25. The Morgan fingerprint density at radius 1 is 1.24 bits per heavy atom. The van der Waals surface area contributed by atoms with Crippen LogP contribution < -0.4 is 0 Å². The van der Waals surface area contributed by atoms with Crippen molar-refractivity contribution in [1.82, 2.24) is 9.47 Å². The van der Waals surface area contributed by atoms with Crippen LogP contribution in [0.1, 0.15) is 62.2 Å². The number of hydrogen-bond acceptors (Lipinski definition) is 7. The fourth-order valence-corrected chi connectivity index (χ4v) is 4.48. The summed E-state index contributed by atoms with van der Waals surface area (Å²) in [5.41, 5.74) is 1.96. The van der Waals surface area contributed by atoms with Gasteiger partial charge in [0.25, 0.3) is 11.6 Å². The molecular weight excluding hydrogens is 442 g/mol. The zero-order valence-corrected chi connectivity index (χ0v) is 19.8. The second kappa shape index (κ2) is 10.6. The number of carbonyl (C=O) groups excluding carboxylic acids is 3. The molecule has 1 aliphatic heterocycles. The van der Waals surface area contributed by atoms with Crippen molar-refractivity contribution in [2.75, 3.05) is 26.8 Å². The number of nitrogens with zero attached hydrogens (tertiary/aromatic N) is 3. The summed E-state index contributed by atoms with van der Waals surface area (Å²) in [6.45, 7) is 6.41. The van der Waals surface area contributed by atoms with Crippen LogP contribution in [0.25, 0.3) is 0 Å². The first kappa shape index (κ1) is 25.1. The lowest BCUT2D eigenvalue weighted by atomic mass is 10.0. The molecule has 0 bridgehead atoms. The third-order valence-corrected chi connectivity index (χ3v) is 6.14. The molecule has 0 radical (unpaired) electrons. The lowest BCUT2D eigenvalue weighted by Crippen LogP contribution is -2.41. The number of benzene rings is 1. The predicted octanol–water partition coefficient (Wildman–Crippen LogP) is 3.32. The van der Waals surface area contributed by atoms with Gasteiger partial charge in [-0.15, -0.1) is 0 Å². The first-order valence-electron chi connectivity index (χ1n) is 11.2. The van der Waals surface area contributed by atoms with Crippen molar-refractivity contribution in [3.8, 4) is 0 Å². The average Bonchev–Trinajstić information content (AvgIpc) is 3.42. The molecule has 1 atom stereocenters. The van der Waals surface area contributed by atoms with E-state index in [-0.39, 0.29) is 36.2 Å². The van der Waals surface area contributed by atoms with E-state index in [1.54, 1.807) is 18.4 Å². The Balaban J connectivity index is 1.93. The number of hydrogen-bond donors (Lipinski definition) is 0. The van der Waals surface area contributed by atoms with Gasteiger partial charge in [0.2, 0.25) is 0 Å². The largest absolute Gasteiger partial charge is 0.464 e. The third kappa shape index (κ3) is 5.01. The van der Waals surface area contributed by atoms with Crippen LogP contribution in [0.3, 0.4) is 0 Å². The van der Waals surface area contributed by atoms with E-state index in [1.165, 1.54) is 36.3 Å². The summed E-state index contributed by atoms with van der Waals surface area (Å²) in [7, 11) is 1.29. The van der Waals surface area contributed by atoms with Crippen LogP contribution in [-0.4, -0.2) is 65.0 Å². The molecule has 182 valence electrons. The van der Waals surface area contributed by atoms with Gasteiger partial charge in [-0.25, -0.2) is 4.79 Å². The lowest BCUT2D eigenvalue weighted by Gasteiger charge is -2.25. The number of Topliss-reactive ketones (excluding diaryl/α,β-unsaturated/α-hetero) is 1. The van der Waals surface area contributed by atoms with Crippen LogP contribution in [0.2, 0.25) is 0 Å². The first-order valence-corrected chi connectivity index (χ1v) is 11.2. The topological polar surface area (TPSA) is 121 Å². The van der Waals surface area contributed by atoms with Gasteiger partial charge in [-0.3, -0.25) is 19.7 Å². The highest BCUT2D eigenvalue weighted by Gasteiger charge is 2.30. The number of rotatable bonds is 9. The Labute approximate surface area is 197 Å². The van der Waals surface area contributed by atoms with Crippen molar-refractivity contribution in [2.45, 2.75) is 46.3 Å². The second-order valence-corrected chi connectivity index (χ2v) is 8.22. The minimum absolute atomic E-state index is 0.124. The monoisotopic (exact) mass is 471 g/mol. The maximum atomic E-state index is 13.5. The van der Waals surface area contributed by atoms with Crippen molar-refractivity contribution in [3.05, 3.63) is 62.5 Å². The second-order valence-electron chi connectivity index (χ2n) is 8.22. The van der Waals surface area contributed by atoms with E-state index in [0.717, 1.165) is 12.8 Å². The van der Waals surface area contributed by atoms with Crippen LogP contribution in [0, 0.1) is 24.0 Å². The molecule has 1 fully saturated rings. The number of ether oxygens (including phenoxy) is 2. The first-order chi connectivity index (χ1) is 16.2. The zero-order valence-electron chi connectivity index (χ0n) is 19.8. The zero-order chi connectivity index (χ0) is 25.0. The minimum Gasteiger partial charge on any atom is -0.464 e. The van der Waals surface area contributed by atoms with Gasteiger partial charge in [0.05, 0.1) is 24.7 Å². The van der Waals surface area contributed by atoms with Gasteiger partial charge >= 0.3 is 5.97 Å². The lowest BCUT2D eigenvalue weighted by molar-refractivity contribution is -0.384. The number of amides is 1. The Hall–Kier alpha value is -3.53. The van der Waals surface area contributed by atoms with Crippen molar-refractivity contribution in [3.63, 3.8) is 0 Å². The average molecular weight is 472 g/mol. The molecule has 1 saturated heterocycles. The van der Waals surface area contributed by atoms with Crippen molar-refractivity contribution < 1.29 is 28.8 Å². The van der Waals surface area contributed by atoms with Crippen LogP contribution in [0.5, 0.6) is 0 Å². The fourth-order valence-electron chi connectivity index (χ4n) is 4.48. The van der Waals surface area contributed by atoms with E-state index in [9.17, 15) is 24.5 Å². The number of ketones is 1. The van der Waals surface area contributed by atoms with E-state index in [4.69, 9.17) is 9.47 Å². The smallest absolute Gasteiger partial charge is 0.354 e. The Bertz CT molecular complexity index is 1100. The Morgan fingerprint density at radius 3 is 2.44 bits per heavy atom. The minimum atomic E-state index is -0.537. The van der Waals surface area contributed by atoms with Crippen LogP contribution >= 0.6 is 0 Å². The molecule has 3 rings (SSSR count). The number of non-ortho nitro benzene ring substituents is 1. The van der Waals surface area contributed by atoms with E-state index in [0.29, 0.717) is 35.7 Å². The predicted molar refractivity (Wildman–Crippen MR) is 123 cm³/mol. The summed E-state index contributed by atoms with van der Waals surface area (Å²) in [4.78, 5) is 50.9. The molecule has 0 aliphatic carbocycles. The van der Waals surface area contributed by atoms with Gasteiger partial charge in [0.15, 0.2) is 5.78 Å². The molecule has 2 heterocycles. The number of carbonyl (C=O) groups is 3. The van der Waals surface area contributed by atoms with Crippen LogP contribution in [-0.2, 0) is 16.0 Å². The summed E-state index contributed by atoms with van der Waals surface area (Å²) in [5.74, 6) is -1.25. The number of esters is 1. The molecule has 0 spiro atoms. The van der Waals surface area contributed by atoms with Gasteiger partial charge in [0, 0.05) is 48.6 Å². The Kier molecular flexibility index (Phi) is 7.83. The number of nitro benzene ring substituents is 1. The molecule has 1 unspecified atom stereocenters. The Morgan fingerprint density at radius 2 is 1.91 bits per heavy atom. The molecule has 10 heteroatoms. The maximum absolute atomic E-state index is 13.5. The third-order valence-electron chi connectivity index (χ3n) is 6.14. The van der Waals surface area contributed by atoms with Gasteiger partial charge < -0.3 is 18.9 Å². The van der Waals surface area contributed by atoms with E-state index < -0.39 is 16.8 Å². The summed E-state index contributed by atoms with van der Waals surface area (Å²) >= 11 is 0. The van der Waals surface area contributed by atoms with Crippen LogP contribution in [0.4, 0.5) is 5.69 Å². The molecular formula is C24H29N3O7. The number of aromatic nitrogens is 1. The molecule has 2 aromatic rings. The molecule has 0 saturated carbocycles. The molecule has 1 aliphatic rings. The maximum Gasteiger partial charge on any atom is 0.354 e. The van der Waals surface area contributed by atoms with E-state index in [2.05, 4.69) is 0 Å². The number of nitro groups is 1. The van der Waals surface area contributed by atoms with Crippen LogP contribution in [0.15, 0.2) is 24.3 Å². The highest BCUT2D eigenvalue weighted by molar-refractivity contribution is 6.06. The van der Waals surface area contributed by atoms with E-state index >= 15 is 0 Å². The van der Waals surface area contributed by atoms with Gasteiger partial charge in [0.1, 0.15) is 5.69 Å². The summed E-state index contributed by atoms with van der Waals surface area (Å²) in [5, 5.41) is 11.0. The molecule has 1 aromatic heterocycles. The number of methoxy groups -OCH3 is 1. The van der Waals surface area contributed by atoms with Gasteiger partial charge in [-0.1, -0.05) is 0 Å². The quantitative estimate of drug-likeness (QED) is 0.238. The summed E-state index contributed by atoms with van der Waals surface area (Å²) in [6, 6.07) is 5.29. The molecule has 34 heavy (non-hydrogen) atoms. The summed E-state index contributed by atoms with van der Waals surface area (Å²) < 4.78 is 12.3. The van der Waals surface area contributed by atoms with Crippen molar-refractivity contribution >= 4 is 23.3 Å². The molecule has 0 N–H and O–H groups in total. The van der Waals surface area contributed by atoms with Gasteiger partial charge in [-0.05, 0) is 51.3 Å². The highest BCUT2D eigenvalue weighted by atomic mass is 16.6. The van der Waals surface area contributed by atoms with E-state index in [1.807, 2.05) is 6.92 Å². The van der Waals surface area contributed by atoms with Gasteiger partial charge in [-0.2, -0.15) is 0 Å². The summed E-state index contributed by atoms with van der Waals surface area (Å²) in [6.07, 6.45) is 1.45. The van der Waals surface area contributed by atoms with Crippen molar-refractivity contribution in [2.24, 2.45) is 0 Å².